The van der Waals surface area contributed by atoms with E-state index in [1.54, 1.807) is 0 Å². The molecule has 0 saturated carbocycles. The minimum atomic E-state index is -4.74. The molecule has 0 bridgehead atoms. The lowest BCUT2D eigenvalue weighted by atomic mass is 10.2. The highest BCUT2D eigenvalue weighted by Gasteiger charge is 2.37. The van der Waals surface area contributed by atoms with Gasteiger partial charge in [-0.1, -0.05) is 0 Å². The van der Waals surface area contributed by atoms with Gasteiger partial charge in [0.15, 0.2) is 11.6 Å². The van der Waals surface area contributed by atoms with E-state index in [-0.39, 0.29) is 28.7 Å². The van der Waals surface area contributed by atoms with E-state index in [4.69, 9.17) is 4.18 Å². The molecular formula is C13H9F3N8O3S. The molecule has 0 aromatic carbocycles. The lowest BCUT2D eigenvalue weighted by molar-refractivity contribution is -0.144. The molecule has 0 aliphatic carbocycles. The molecule has 146 valence electrons. The van der Waals surface area contributed by atoms with Crippen molar-refractivity contribution in [2.75, 3.05) is 6.26 Å². The summed E-state index contributed by atoms with van der Waals surface area (Å²) in [5, 5.41) is 5.36. The van der Waals surface area contributed by atoms with Crippen molar-refractivity contribution in [3.05, 3.63) is 30.7 Å². The van der Waals surface area contributed by atoms with Gasteiger partial charge in [-0.15, -0.1) is 5.10 Å². The number of H-pyrrole nitrogens is 2. The second kappa shape index (κ2) is 6.01. The largest absolute Gasteiger partial charge is 0.453 e. The van der Waals surface area contributed by atoms with Gasteiger partial charge in [0.25, 0.3) is 5.82 Å². The third-order valence-corrected chi connectivity index (χ3v) is 3.92. The van der Waals surface area contributed by atoms with Gasteiger partial charge in [0.2, 0.25) is 5.78 Å². The van der Waals surface area contributed by atoms with Crippen LogP contribution in [0.2, 0.25) is 0 Å². The van der Waals surface area contributed by atoms with Crippen LogP contribution in [0.4, 0.5) is 13.2 Å². The average molecular weight is 414 g/mol. The first-order valence-electron chi connectivity index (χ1n) is 7.38. The fraction of sp³-hybridized carbons (Fsp3) is 0.154. The molecule has 2 N–H and O–H groups in total. The maximum absolute atomic E-state index is 12.8. The van der Waals surface area contributed by atoms with Gasteiger partial charge in [-0.05, 0) is 0 Å². The summed E-state index contributed by atoms with van der Waals surface area (Å²) >= 11 is 0. The molecule has 4 aromatic heterocycles. The number of imidazole rings is 2. The van der Waals surface area contributed by atoms with Crippen LogP contribution in [0.15, 0.2) is 24.9 Å². The van der Waals surface area contributed by atoms with Gasteiger partial charge in [-0.25, -0.2) is 19.9 Å². The van der Waals surface area contributed by atoms with Crippen molar-refractivity contribution in [2.24, 2.45) is 0 Å². The maximum Gasteiger partial charge on any atom is 0.453 e. The van der Waals surface area contributed by atoms with Crippen molar-refractivity contribution in [1.82, 2.24) is 39.5 Å². The van der Waals surface area contributed by atoms with E-state index in [1.807, 2.05) is 0 Å². The van der Waals surface area contributed by atoms with Crippen molar-refractivity contribution in [3.8, 4) is 28.7 Å². The van der Waals surface area contributed by atoms with Gasteiger partial charge in [-0.3, -0.25) is 9.50 Å². The monoisotopic (exact) mass is 414 g/mol. The lowest BCUT2D eigenvalue weighted by Gasteiger charge is -2.04. The van der Waals surface area contributed by atoms with Crippen molar-refractivity contribution < 1.29 is 25.8 Å². The Balaban J connectivity index is 1.93. The molecule has 0 radical (unpaired) electrons. The predicted molar refractivity (Wildman–Crippen MR) is 86.4 cm³/mol. The van der Waals surface area contributed by atoms with Crippen LogP contribution >= 0.6 is 0 Å². The maximum atomic E-state index is 12.8. The van der Waals surface area contributed by atoms with Crippen LogP contribution in [0, 0.1) is 0 Å². The molecule has 4 aromatic rings. The van der Waals surface area contributed by atoms with E-state index < -0.39 is 22.1 Å². The zero-order valence-corrected chi connectivity index (χ0v) is 14.6. The predicted octanol–water partition coefficient (Wildman–Crippen LogP) is 1.26. The SMILES string of the molecule is CS(=O)(=O)Oc1cnc2nc(-c3nc(C(F)(F)F)n[nH]3)c(-c3cnc[nH]3)n2c1. The minimum absolute atomic E-state index is 0.00347. The van der Waals surface area contributed by atoms with Crippen LogP contribution in [0.25, 0.3) is 28.7 Å². The summed E-state index contributed by atoms with van der Waals surface area (Å²) in [5.41, 5.74) is 0.589. The summed E-state index contributed by atoms with van der Waals surface area (Å²) in [5.74, 6) is -1.67. The van der Waals surface area contributed by atoms with Crippen LogP contribution in [0.1, 0.15) is 5.82 Å². The highest BCUT2D eigenvalue weighted by molar-refractivity contribution is 7.86. The summed E-state index contributed by atoms with van der Waals surface area (Å²) < 4.78 is 67.3. The number of alkyl halides is 3. The number of halogens is 3. The zero-order valence-electron chi connectivity index (χ0n) is 13.8. The van der Waals surface area contributed by atoms with Gasteiger partial charge < -0.3 is 9.17 Å². The number of hydrogen-bond acceptors (Lipinski definition) is 8. The molecule has 4 heterocycles. The Bertz CT molecular complexity index is 1260. The number of rotatable bonds is 4. The molecule has 0 spiro atoms. The van der Waals surface area contributed by atoms with Crippen molar-refractivity contribution >= 4 is 15.9 Å². The van der Waals surface area contributed by atoms with E-state index in [0.29, 0.717) is 5.69 Å². The fourth-order valence-corrected chi connectivity index (χ4v) is 2.87. The van der Waals surface area contributed by atoms with Gasteiger partial charge in [-0.2, -0.15) is 21.6 Å². The molecule has 0 aliphatic rings. The summed E-state index contributed by atoms with van der Waals surface area (Å²) in [6.07, 6.45) is 1.27. The molecule has 0 unspecified atom stereocenters. The van der Waals surface area contributed by atoms with Crippen molar-refractivity contribution in [1.29, 1.82) is 0 Å². The second-order valence-corrected chi connectivity index (χ2v) is 7.10. The molecule has 0 atom stereocenters. The van der Waals surface area contributed by atoms with Crippen LogP contribution < -0.4 is 4.18 Å². The zero-order chi connectivity index (χ0) is 20.1. The van der Waals surface area contributed by atoms with Gasteiger partial charge in [0.05, 0.1) is 36.9 Å². The summed E-state index contributed by atoms with van der Waals surface area (Å²) in [4.78, 5) is 18.3. The third kappa shape index (κ3) is 3.26. The highest BCUT2D eigenvalue weighted by Crippen LogP contribution is 2.32. The van der Waals surface area contributed by atoms with Gasteiger partial charge in [0, 0.05) is 0 Å². The highest BCUT2D eigenvalue weighted by atomic mass is 32.2. The second-order valence-electron chi connectivity index (χ2n) is 5.53. The Morgan fingerprint density at radius 2 is 2.00 bits per heavy atom. The molecule has 0 amide bonds. The first-order chi connectivity index (χ1) is 13.1. The van der Waals surface area contributed by atoms with Crippen LogP contribution in [0.5, 0.6) is 5.75 Å². The van der Waals surface area contributed by atoms with Gasteiger partial charge >= 0.3 is 16.3 Å². The molecule has 15 heteroatoms. The molecule has 11 nitrogen and oxygen atoms in total. The Labute approximate surface area is 153 Å². The number of nitrogens with zero attached hydrogens (tertiary/aromatic N) is 6. The number of nitrogens with one attached hydrogen (secondary N) is 2. The quantitative estimate of drug-likeness (QED) is 0.475. The molecule has 0 fully saturated rings. The Kier molecular flexibility index (Phi) is 3.84. The third-order valence-electron chi connectivity index (χ3n) is 3.42. The Morgan fingerprint density at radius 1 is 1.21 bits per heavy atom. The normalized spacial score (nSPS) is 12.6. The lowest BCUT2D eigenvalue weighted by Crippen LogP contribution is -2.07. The van der Waals surface area contributed by atoms with E-state index in [1.165, 1.54) is 23.1 Å². The summed E-state index contributed by atoms with van der Waals surface area (Å²) in [6.45, 7) is 0. The first kappa shape index (κ1) is 17.9. The molecule has 4 rings (SSSR count). The number of aromatic nitrogens is 8. The summed E-state index contributed by atoms with van der Waals surface area (Å²) in [6, 6.07) is 0. The Hall–Kier alpha value is -3.49. The minimum Gasteiger partial charge on any atom is -0.379 e. The molecule has 0 aliphatic heterocycles. The molecule has 28 heavy (non-hydrogen) atoms. The number of fused-ring (bicyclic) bond motifs is 1. The molecule has 0 saturated heterocycles. The van der Waals surface area contributed by atoms with Crippen LogP contribution in [-0.2, 0) is 16.3 Å². The topological polar surface area (TPSA) is 144 Å². The van der Waals surface area contributed by atoms with Gasteiger partial charge in [0.1, 0.15) is 11.4 Å². The van der Waals surface area contributed by atoms with Crippen LogP contribution in [-0.4, -0.2) is 54.2 Å². The van der Waals surface area contributed by atoms with E-state index >= 15 is 0 Å². The van der Waals surface area contributed by atoms with E-state index in [0.717, 1.165) is 12.5 Å². The fourth-order valence-electron chi connectivity index (χ4n) is 2.44. The van der Waals surface area contributed by atoms with Crippen molar-refractivity contribution in [3.63, 3.8) is 0 Å². The Morgan fingerprint density at radius 3 is 2.61 bits per heavy atom. The van der Waals surface area contributed by atoms with Crippen LogP contribution in [0.3, 0.4) is 0 Å². The number of hydrogen-bond donors (Lipinski definition) is 2. The van der Waals surface area contributed by atoms with Crippen molar-refractivity contribution in [2.45, 2.75) is 6.18 Å². The number of aromatic amines is 2. The van der Waals surface area contributed by atoms with E-state index in [2.05, 4.69) is 35.1 Å². The molecular weight excluding hydrogens is 405 g/mol. The summed E-state index contributed by atoms with van der Waals surface area (Å²) in [7, 11) is -3.82. The smallest absolute Gasteiger partial charge is 0.379 e. The first-order valence-corrected chi connectivity index (χ1v) is 9.20. The standard InChI is InChI=1S/C13H9F3N8O3S/c1-28(25,26)27-6-2-18-12-20-8(10-21-11(23-22-10)13(14,15)16)9(24(12)4-6)7-3-17-5-19-7/h2-5H,1H3,(H,17,19)(H,21,22,23). The average Bonchev–Trinajstić information content (AvgIpc) is 3.30. The van der Waals surface area contributed by atoms with E-state index in [9.17, 15) is 21.6 Å².